The third-order valence-electron chi connectivity index (χ3n) is 2.85. The second-order valence-corrected chi connectivity index (χ2v) is 5.78. The lowest BCUT2D eigenvalue weighted by Crippen LogP contribution is -2.25. The number of hydrogen-bond donors (Lipinski definition) is 1. The summed E-state index contributed by atoms with van der Waals surface area (Å²) >= 11 is 7.42. The molecule has 0 unspecified atom stereocenters. The number of thiophene rings is 1. The Hall–Kier alpha value is -1.91. The quantitative estimate of drug-likeness (QED) is 0.866. The second-order valence-electron chi connectivity index (χ2n) is 4.36. The van der Waals surface area contributed by atoms with Gasteiger partial charge < -0.3 is 5.32 Å². The van der Waals surface area contributed by atoms with E-state index in [0.29, 0.717) is 23.0 Å². The number of hydrogen-bond acceptors (Lipinski definition) is 3. The van der Waals surface area contributed by atoms with E-state index in [9.17, 15) is 4.79 Å². The van der Waals surface area contributed by atoms with Gasteiger partial charge in [0.2, 0.25) is 0 Å². The largest absolute Gasteiger partial charge is 0.308 e. The number of rotatable bonds is 3. The van der Waals surface area contributed by atoms with Gasteiger partial charge in [-0.1, -0.05) is 29.8 Å². The van der Waals surface area contributed by atoms with Crippen LogP contribution in [-0.4, -0.2) is 11.7 Å². The zero-order chi connectivity index (χ0) is 13.9. The van der Waals surface area contributed by atoms with E-state index in [1.54, 1.807) is 17.4 Å². The van der Waals surface area contributed by atoms with E-state index >= 15 is 0 Å². The summed E-state index contributed by atoms with van der Waals surface area (Å²) in [5.41, 5.74) is 1.52. The first kappa shape index (κ1) is 13.1. The van der Waals surface area contributed by atoms with E-state index in [1.807, 2.05) is 41.8 Å². The van der Waals surface area contributed by atoms with Crippen LogP contribution < -0.4 is 5.32 Å². The Labute approximate surface area is 125 Å². The molecule has 0 bridgehead atoms. The summed E-state index contributed by atoms with van der Waals surface area (Å²) < 4.78 is 0. The molecule has 2 heterocycles. The van der Waals surface area contributed by atoms with Crippen molar-refractivity contribution in [2.45, 2.75) is 6.42 Å². The Morgan fingerprint density at radius 2 is 2.05 bits per heavy atom. The first-order valence-electron chi connectivity index (χ1n) is 6.09. The van der Waals surface area contributed by atoms with Gasteiger partial charge in [-0.15, -0.1) is 11.3 Å². The molecule has 20 heavy (non-hydrogen) atoms. The Kier molecular flexibility index (Phi) is 3.67. The predicted octanol–water partition coefficient (Wildman–Crippen LogP) is 3.51. The fourth-order valence-electron chi connectivity index (χ4n) is 1.90. The van der Waals surface area contributed by atoms with Gasteiger partial charge in [-0.2, -0.15) is 0 Å². The summed E-state index contributed by atoms with van der Waals surface area (Å²) in [5, 5.41) is 5.46. The number of benzene rings is 1. The van der Waals surface area contributed by atoms with Crippen LogP contribution in [0.15, 0.2) is 52.5 Å². The highest BCUT2D eigenvalue weighted by molar-refractivity contribution is 7.10. The highest BCUT2D eigenvalue weighted by Gasteiger charge is 2.19. The number of aliphatic imine (C=N–C) groups is 1. The van der Waals surface area contributed by atoms with E-state index in [-0.39, 0.29) is 5.91 Å². The molecule has 1 amide bonds. The molecular formula is C15H11ClN2OS. The van der Waals surface area contributed by atoms with Crippen LogP contribution in [0, 0.1) is 0 Å². The topological polar surface area (TPSA) is 41.5 Å². The van der Waals surface area contributed by atoms with Crippen molar-refractivity contribution < 1.29 is 4.79 Å². The van der Waals surface area contributed by atoms with Gasteiger partial charge in [0.15, 0.2) is 0 Å². The minimum absolute atomic E-state index is 0.151. The smallest absolute Gasteiger partial charge is 0.275 e. The number of carbonyl (C=O) groups is 1. The van der Waals surface area contributed by atoms with E-state index in [0.717, 1.165) is 10.4 Å². The number of amidine groups is 1. The number of halogens is 1. The monoisotopic (exact) mass is 302 g/mol. The van der Waals surface area contributed by atoms with Gasteiger partial charge in [-0.3, -0.25) is 4.79 Å². The zero-order valence-corrected chi connectivity index (χ0v) is 12.0. The number of nitrogens with one attached hydrogen (secondary N) is 1. The Morgan fingerprint density at radius 1 is 1.25 bits per heavy atom. The van der Waals surface area contributed by atoms with Crippen LogP contribution in [0.2, 0.25) is 5.02 Å². The number of amides is 1. The number of carbonyl (C=O) groups excluding carboxylic acids is 1. The summed E-state index contributed by atoms with van der Waals surface area (Å²) in [6.45, 7) is 0. The molecule has 100 valence electrons. The van der Waals surface area contributed by atoms with Gasteiger partial charge in [0, 0.05) is 16.3 Å². The summed E-state index contributed by atoms with van der Waals surface area (Å²) in [6, 6.07) is 11.4. The standard InChI is InChI=1S/C15H11ClN2OS/c16-11-5-3-10(4-6-11)8-14-17-13(15(19)18-14)9-12-2-1-7-20-12/h1-7,9H,8H2,(H,17,18,19)/b13-9+. The normalized spacial score (nSPS) is 16.4. The maximum absolute atomic E-state index is 11.8. The van der Waals surface area contributed by atoms with Gasteiger partial charge in [-0.05, 0) is 35.2 Å². The first-order chi connectivity index (χ1) is 9.70. The minimum Gasteiger partial charge on any atom is -0.308 e. The predicted molar refractivity (Wildman–Crippen MR) is 83.0 cm³/mol. The molecule has 5 heteroatoms. The lowest BCUT2D eigenvalue weighted by molar-refractivity contribution is -0.115. The van der Waals surface area contributed by atoms with E-state index in [2.05, 4.69) is 10.3 Å². The summed E-state index contributed by atoms with van der Waals surface area (Å²) in [4.78, 5) is 17.2. The maximum Gasteiger partial charge on any atom is 0.275 e. The van der Waals surface area contributed by atoms with Gasteiger partial charge >= 0.3 is 0 Å². The average molecular weight is 303 g/mol. The molecule has 1 aliphatic heterocycles. The van der Waals surface area contributed by atoms with Gasteiger partial charge in [0.1, 0.15) is 11.5 Å². The van der Waals surface area contributed by atoms with Crippen molar-refractivity contribution in [3.8, 4) is 0 Å². The Bertz CT molecular complexity index is 687. The molecule has 3 rings (SSSR count). The zero-order valence-electron chi connectivity index (χ0n) is 10.5. The average Bonchev–Trinajstić information content (AvgIpc) is 3.04. The van der Waals surface area contributed by atoms with Crippen LogP contribution in [0.4, 0.5) is 0 Å². The molecule has 0 fully saturated rings. The highest BCUT2D eigenvalue weighted by Crippen LogP contribution is 2.17. The first-order valence-corrected chi connectivity index (χ1v) is 7.35. The Morgan fingerprint density at radius 3 is 2.75 bits per heavy atom. The fraction of sp³-hybridized carbons (Fsp3) is 0.0667. The third kappa shape index (κ3) is 2.98. The highest BCUT2D eigenvalue weighted by atomic mass is 35.5. The molecule has 0 saturated carbocycles. The van der Waals surface area contributed by atoms with Crippen LogP contribution in [0.3, 0.4) is 0 Å². The van der Waals surface area contributed by atoms with Crippen molar-refractivity contribution in [3.63, 3.8) is 0 Å². The van der Waals surface area contributed by atoms with Crippen molar-refractivity contribution >= 4 is 40.8 Å². The fourth-order valence-corrected chi connectivity index (χ4v) is 2.68. The van der Waals surface area contributed by atoms with Crippen LogP contribution in [-0.2, 0) is 11.2 Å². The van der Waals surface area contributed by atoms with E-state index < -0.39 is 0 Å². The van der Waals surface area contributed by atoms with E-state index in [1.165, 1.54) is 0 Å². The van der Waals surface area contributed by atoms with E-state index in [4.69, 9.17) is 11.6 Å². The van der Waals surface area contributed by atoms with Crippen molar-refractivity contribution in [3.05, 3.63) is 62.9 Å². The second kappa shape index (κ2) is 5.61. The molecule has 0 aliphatic carbocycles. The summed E-state index contributed by atoms with van der Waals surface area (Å²) in [7, 11) is 0. The molecule has 0 saturated heterocycles. The maximum atomic E-state index is 11.8. The molecule has 1 aromatic heterocycles. The van der Waals surface area contributed by atoms with Gasteiger partial charge in [0.05, 0.1) is 0 Å². The third-order valence-corrected chi connectivity index (χ3v) is 3.92. The van der Waals surface area contributed by atoms with Crippen LogP contribution >= 0.6 is 22.9 Å². The molecule has 3 nitrogen and oxygen atoms in total. The van der Waals surface area contributed by atoms with Crippen molar-refractivity contribution in [2.75, 3.05) is 0 Å². The molecule has 1 N–H and O–H groups in total. The molecule has 0 spiro atoms. The lowest BCUT2D eigenvalue weighted by Gasteiger charge is -2.00. The van der Waals surface area contributed by atoms with Crippen LogP contribution in [0.25, 0.3) is 6.08 Å². The SMILES string of the molecule is O=C1NC(Cc2ccc(Cl)cc2)=N/C1=C/c1cccs1. The van der Waals surface area contributed by atoms with Gasteiger partial charge in [-0.25, -0.2) is 4.99 Å². The molecule has 0 radical (unpaired) electrons. The molecular weight excluding hydrogens is 292 g/mol. The summed E-state index contributed by atoms with van der Waals surface area (Å²) in [6.07, 6.45) is 2.39. The van der Waals surface area contributed by atoms with Crippen LogP contribution in [0.1, 0.15) is 10.4 Å². The molecule has 2 aromatic rings. The molecule has 0 atom stereocenters. The van der Waals surface area contributed by atoms with Crippen molar-refractivity contribution in [1.82, 2.24) is 5.32 Å². The van der Waals surface area contributed by atoms with Crippen molar-refractivity contribution in [2.24, 2.45) is 4.99 Å². The minimum atomic E-state index is -0.151. The molecule has 1 aliphatic rings. The summed E-state index contributed by atoms with van der Waals surface area (Å²) in [5.74, 6) is 0.516. The lowest BCUT2D eigenvalue weighted by atomic mass is 10.1. The van der Waals surface area contributed by atoms with Gasteiger partial charge in [0.25, 0.3) is 5.91 Å². The number of nitrogens with zero attached hydrogens (tertiary/aromatic N) is 1. The van der Waals surface area contributed by atoms with Crippen LogP contribution in [0.5, 0.6) is 0 Å². The molecule has 1 aromatic carbocycles. The Balaban J connectivity index is 1.78. The van der Waals surface area contributed by atoms with Crippen molar-refractivity contribution in [1.29, 1.82) is 0 Å².